The lowest BCUT2D eigenvalue weighted by Gasteiger charge is -2.25. The molecule has 0 saturated carbocycles. The molecule has 1 aromatic rings. The molecular weight excluding hydrogens is 218 g/mol. The van der Waals surface area contributed by atoms with Gasteiger partial charge in [-0.3, -0.25) is 4.79 Å². The van der Waals surface area contributed by atoms with Gasteiger partial charge in [-0.2, -0.15) is 5.10 Å². The van der Waals surface area contributed by atoms with E-state index in [2.05, 4.69) is 27.6 Å². The van der Waals surface area contributed by atoms with Crippen molar-refractivity contribution >= 4 is 5.91 Å². The summed E-state index contributed by atoms with van der Waals surface area (Å²) < 4.78 is 1.56. The maximum atomic E-state index is 11.9. The van der Waals surface area contributed by atoms with Crippen molar-refractivity contribution in [2.75, 3.05) is 13.1 Å². The Kier molecular flexibility index (Phi) is 3.42. The zero-order chi connectivity index (χ0) is 12.3. The molecule has 1 saturated heterocycles. The molecular formula is C11H19N5O. The summed E-state index contributed by atoms with van der Waals surface area (Å²) in [6.07, 6.45) is 5.26. The number of hydrogen-bond donors (Lipinski definition) is 2. The van der Waals surface area contributed by atoms with Crippen LogP contribution < -0.4 is 10.6 Å². The van der Waals surface area contributed by atoms with Crippen molar-refractivity contribution in [2.24, 2.45) is 0 Å². The van der Waals surface area contributed by atoms with Gasteiger partial charge in [-0.1, -0.05) is 0 Å². The van der Waals surface area contributed by atoms with Gasteiger partial charge in [0.15, 0.2) is 0 Å². The van der Waals surface area contributed by atoms with E-state index in [-0.39, 0.29) is 17.5 Å². The highest BCUT2D eigenvalue weighted by Gasteiger charge is 2.29. The van der Waals surface area contributed by atoms with Gasteiger partial charge in [0.25, 0.3) is 0 Å². The smallest absolute Gasteiger partial charge is 0.244 e. The lowest BCUT2D eigenvalue weighted by atomic mass is 10.0. The van der Waals surface area contributed by atoms with E-state index in [9.17, 15) is 4.79 Å². The topological polar surface area (TPSA) is 71.8 Å². The van der Waals surface area contributed by atoms with Crippen LogP contribution in [-0.2, 0) is 4.79 Å². The summed E-state index contributed by atoms with van der Waals surface area (Å²) in [6, 6.07) is -0.317. The molecule has 2 unspecified atom stereocenters. The molecule has 1 aliphatic rings. The predicted molar refractivity (Wildman–Crippen MR) is 63.4 cm³/mol. The average Bonchev–Trinajstić information content (AvgIpc) is 2.96. The van der Waals surface area contributed by atoms with Crippen LogP contribution in [-0.4, -0.2) is 39.3 Å². The number of hydrogen-bond acceptors (Lipinski definition) is 4. The van der Waals surface area contributed by atoms with Gasteiger partial charge in [0, 0.05) is 12.1 Å². The molecule has 2 heterocycles. The van der Waals surface area contributed by atoms with Crippen LogP contribution in [0.25, 0.3) is 0 Å². The van der Waals surface area contributed by atoms with Gasteiger partial charge in [0.05, 0.1) is 0 Å². The Morgan fingerprint density at radius 2 is 2.53 bits per heavy atom. The molecule has 1 amide bonds. The molecule has 0 aliphatic carbocycles. The lowest BCUT2D eigenvalue weighted by molar-refractivity contribution is -0.124. The van der Waals surface area contributed by atoms with Crippen LogP contribution in [0.5, 0.6) is 0 Å². The van der Waals surface area contributed by atoms with Crippen LogP contribution in [0, 0.1) is 0 Å². The highest BCUT2D eigenvalue weighted by molar-refractivity contribution is 5.79. The number of aromatic nitrogens is 3. The Morgan fingerprint density at radius 1 is 1.71 bits per heavy atom. The number of carbonyl (C=O) groups excluding carboxylic acids is 1. The first kappa shape index (κ1) is 12.0. The van der Waals surface area contributed by atoms with E-state index in [1.165, 1.54) is 12.7 Å². The van der Waals surface area contributed by atoms with Crippen LogP contribution in [0.4, 0.5) is 0 Å². The van der Waals surface area contributed by atoms with Gasteiger partial charge >= 0.3 is 0 Å². The third-order valence-corrected chi connectivity index (χ3v) is 3.32. The van der Waals surface area contributed by atoms with Crippen LogP contribution >= 0.6 is 0 Å². The van der Waals surface area contributed by atoms with Crippen molar-refractivity contribution in [3.8, 4) is 0 Å². The first-order chi connectivity index (χ1) is 8.11. The highest BCUT2D eigenvalue weighted by Crippen LogP contribution is 2.17. The van der Waals surface area contributed by atoms with Crippen LogP contribution in [0.15, 0.2) is 12.7 Å². The fourth-order valence-electron chi connectivity index (χ4n) is 2.08. The van der Waals surface area contributed by atoms with Gasteiger partial charge < -0.3 is 10.6 Å². The zero-order valence-corrected chi connectivity index (χ0v) is 10.3. The predicted octanol–water partition coefficient (Wildman–Crippen LogP) is 0.0974. The molecule has 6 heteroatoms. The average molecular weight is 237 g/mol. The number of nitrogens with zero attached hydrogens (tertiary/aromatic N) is 3. The SMILES string of the molecule is CC(C(=O)NCC1(C)CCCN1)n1cncn1. The second kappa shape index (κ2) is 4.83. The molecule has 2 atom stereocenters. The third kappa shape index (κ3) is 2.82. The normalized spacial score (nSPS) is 25.8. The van der Waals surface area contributed by atoms with Gasteiger partial charge in [0.2, 0.25) is 5.91 Å². The minimum atomic E-state index is -0.317. The minimum Gasteiger partial charge on any atom is -0.352 e. The van der Waals surface area contributed by atoms with Crippen LogP contribution in [0.1, 0.15) is 32.7 Å². The minimum absolute atomic E-state index is 0.0228. The summed E-state index contributed by atoms with van der Waals surface area (Å²) >= 11 is 0. The van der Waals surface area contributed by atoms with Crippen molar-refractivity contribution < 1.29 is 4.79 Å². The van der Waals surface area contributed by atoms with E-state index < -0.39 is 0 Å². The van der Waals surface area contributed by atoms with E-state index in [0.717, 1.165) is 13.0 Å². The molecule has 2 N–H and O–H groups in total. The van der Waals surface area contributed by atoms with E-state index in [4.69, 9.17) is 0 Å². The maximum absolute atomic E-state index is 11.9. The summed E-state index contributed by atoms with van der Waals surface area (Å²) in [5.74, 6) is -0.0228. The van der Waals surface area contributed by atoms with Crippen molar-refractivity contribution in [3.63, 3.8) is 0 Å². The largest absolute Gasteiger partial charge is 0.352 e. The zero-order valence-electron chi connectivity index (χ0n) is 10.3. The molecule has 0 aromatic carbocycles. The molecule has 6 nitrogen and oxygen atoms in total. The van der Waals surface area contributed by atoms with E-state index in [0.29, 0.717) is 6.54 Å². The third-order valence-electron chi connectivity index (χ3n) is 3.32. The molecule has 17 heavy (non-hydrogen) atoms. The molecule has 1 aliphatic heterocycles. The summed E-state index contributed by atoms with van der Waals surface area (Å²) in [5.41, 5.74) is 0.0394. The highest BCUT2D eigenvalue weighted by atomic mass is 16.2. The van der Waals surface area contributed by atoms with Crippen molar-refractivity contribution in [1.29, 1.82) is 0 Å². The summed E-state index contributed by atoms with van der Waals surface area (Å²) in [6.45, 7) is 5.64. The van der Waals surface area contributed by atoms with Gasteiger partial charge in [-0.15, -0.1) is 0 Å². The molecule has 1 fully saturated rings. The first-order valence-electron chi connectivity index (χ1n) is 5.98. The van der Waals surface area contributed by atoms with E-state index >= 15 is 0 Å². The molecule has 94 valence electrons. The fourth-order valence-corrected chi connectivity index (χ4v) is 2.08. The second-order valence-corrected chi connectivity index (χ2v) is 4.86. The quantitative estimate of drug-likeness (QED) is 0.779. The monoisotopic (exact) mass is 237 g/mol. The maximum Gasteiger partial charge on any atom is 0.244 e. The van der Waals surface area contributed by atoms with Crippen molar-refractivity contribution in [2.45, 2.75) is 38.3 Å². The Morgan fingerprint density at radius 3 is 3.12 bits per heavy atom. The lowest BCUT2D eigenvalue weighted by Crippen LogP contribution is -2.48. The Balaban J connectivity index is 1.85. The summed E-state index contributed by atoms with van der Waals surface area (Å²) in [5, 5.41) is 10.3. The van der Waals surface area contributed by atoms with Crippen LogP contribution in [0.3, 0.4) is 0 Å². The summed E-state index contributed by atoms with van der Waals surface area (Å²) in [4.78, 5) is 15.7. The first-order valence-corrected chi connectivity index (χ1v) is 5.98. The second-order valence-electron chi connectivity index (χ2n) is 4.86. The standard InChI is InChI=1S/C11H19N5O/c1-9(16-8-12-7-15-16)10(17)13-6-11(2)4-3-5-14-11/h7-9,14H,3-6H2,1-2H3,(H,13,17). The van der Waals surface area contributed by atoms with Crippen LogP contribution in [0.2, 0.25) is 0 Å². The molecule has 1 aromatic heterocycles. The Hall–Kier alpha value is -1.43. The van der Waals surface area contributed by atoms with Gasteiger partial charge in [-0.25, -0.2) is 9.67 Å². The fraction of sp³-hybridized carbons (Fsp3) is 0.727. The van der Waals surface area contributed by atoms with E-state index in [1.807, 2.05) is 6.92 Å². The Labute approximate surface area is 101 Å². The number of nitrogens with one attached hydrogen (secondary N) is 2. The Bertz CT molecular complexity index is 369. The molecule has 0 bridgehead atoms. The van der Waals surface area contributed by atoms with E-state index in [1.54, 1.807) is 11.0 Å². The molecule has 0 spiro atoms. The number of amides is 1. The van der Waals surface area contributed by atoms with Crippen molar-refractivity contribution in [1.82, 2.24) is 25.4 Å². The summed E-state index contributed by atoms with van der Waals surface area (Å²) in [7, 11) is 0. The van der Waals surface area contributed by atoms with Gasteiger partial charge in [-0.05, 0) is 33.2 Å². The molecule has 2 rings (SSSR count). The number of rotatable bonds is 4. The molecule has 0 radical (unpaired) electrons. The number of carbonyl (C=O) groups is 1. The van der Waals surface area contributed by atoms with Gasteiger partial charge in [0.1, 0.15) is 18.7 Å². The van der Waals surface area contributed by atoms with Crippen molar-refractivity contribution in [3.05, 3.63) is 12.7 Å².